The number of hydrazone groups is 1. The molecule has 0 radical (unpaired) electrons. The van der Waals surface area contributed by atoms with Crippen LogP contribution in [-0.2, 0) is 11.0 Å². The number of hydrogen-bond donors (Lipinski definition) is 2. The molecule has 0 fully saturated rings. The molecule has 0 aliphatic carbocycles. The van der Waals surface area contributed by atoms with E-state index >= 15 is 0 Å². The van der Waals surface area contributed by atoms with Crippen molar-refractivity contribution in [3.05, 3.63) is 59.2 Å². The predicted octanol–water partition coefficient (Wildman–Crippen LogP) is 2.60. The van der Waals surface area contributed by atoms with Gasteiger partial charge in [0.2, 0.25) is 0 Å². The maximum atomic E-state index is 13.0. The molecule has 0 unspecified atom stereocenters. The van der Waals surface area contributed by atoms with Crippen LogP contribution in [0.2, 0.25) is 0 Å². The molecule has 0 aliphatic rings. The van der Waals surface area contributed by atoms with Crippen LogP contribution in [0.1, 0.15) is 21.5 Å². The monoisotopic (exact) mass is 409 g/mol. The van der Waals surface area contributed by atoms with Crippen LogP contribution in [0.5, 0.6) is 11.5 Å². The highest BCUT2D eigenvalue weighted by molar-refractivity contribution is 5.98. The summed E-state index contributed by atoms with van der Waals surface area (Å²) < 4.78 is 49.1. The van der Waals surface area contributed by atoms with Crippen molar-refractivity contribution in [2.75, 3.05) is 20.8 Å². The van der Waals surface area contributed by atoms with Crippen LogP contribution >= 0.6 is 0 Å². The van der Waals surface area contributed by atoms with Crippen molar-refractivity contribution in [3.63, 3.8) is 0 Å². The Morgan fingerprint density at radius 1 is 1.10 bits per heavy atom. The SMILES string of the molecule is COc1ccc(OC)c(/C=N\NC(=O)CNC(=O)c2ccccc2C(F)(F)F)c1. The highest BCUT2D eigenvalue weighted by atomic mass is 19.4. The number of carbonyl (C=O) groups excluding carboxylic acids is 2. The number of nitrogens with zero attached hydrogens (tertiary/aromatic N) is 1. The van der Waals surface area contributed by atoms with Crippen LogP contribution in [0.4, 0.5) is 13.2 Å². The summed E-state index contributed by atoms with van der Waals surface area (Å²) in [6.07, 6.45) is -3.38. The van der Waals surface area contributed by atoms with Crippen LogP contribution in [0.25, 0.3) is 0 Å². The summed E-state index contributed by atoms with van der Waals surface area (Å²) in [5.74, 6) is -0.706. The molecule has 0 heterocycles. The number of ether oxygens (including phenoxy) is 2. The van der Waals surface area contributed by atoms with Crippen LogP contribution in [0.3, 0.4) is 0 Å². The van der Waals surface area contributed by atoms with E-state index in [9.17, 15) is 22.8 Å². The number of hydrogen-bond acceptors (Lipinski definition) is 5. The molecule has 0 aliphatic heterocycles. The summed E-state index contributed by atoms with van der Waals surface area (Å²) in [5.41, 5.74) is 1.04. The second-order valence-corrected chi connectivity index (χ2v) is 5.63. The van der Waals surface area contributed by atoms with Gasteiger partial charge in [0.15, 0.2) is 0 Å². The van der Waals surface area contributed by atoms with E-state index in [0.29, 0.717) is 17.1 Å². The average molecular weight is 409 g/mol. The molecular weight excluding hydrogens is 391 g/mol. The molecule has 2 aromatic rings. The molecule has 0 saturated heterocycles. The molecule has 2 aromatic carbocycles. The molecular formula is C19H18F3N3O4. The summed E-state index contributed by atoms with van der Waals surface area (Å²) in [5, 5.41) is 5.87. The first kappa shape index (κ1) is 21.7. The average Bonchev–Trinajstić information content (AvgIpc) is 2.71. The first-order valence-electron chi connectivity index (χ1n) is 8.24. The van der Waals surface area contributed by atoms with Gasteiger partial charge in [-0.3, -0.25) is 9.59 Å². The lowest BCUT2D eigenvalue weighted by molar-refractivity contribution is -0.137. The molecule has 2 N–H and O–H groups in total. The van der Waals surface area contributed by atoms with E-state index in [4.69, 9.17) is 9.47 Å². The van der Waals surface area contributed by atoms with Gasteiger partial charge >= 0.3 is 6.18 Å². The van der Waals surface area contributed by atoms with Gasteiger partial charge in [-0.2, -0.15) is 18.3 Å². The van der Waals surface area contributed by atoms with E-state index < -0.39 is 35.7 Å². The van der Waals surface area contributed by atoms with Gasteiger partial charge < -0.3 is 14.8 Å². The second-order valence-electron chi connectivity index (χ2n) is 5.63. The minimum absolute atomic E-state index is 0.487. The van der Waals surface area contributed by atoms with Gasteiger partial charge in [-0.05, 0) is 30.3 Å². The smallest absolute Gasteiger partial charge is 0.417 e. The fourth-order valence-electron chi connectivity index (χ4n) is 2.34. The van der Waals surface area contributed by atoms with Crippen LogP contribution < -0.4 is 20.2 Å². The normalized spacial score (nSPS) is 11.2. The Bertz CT molecular complexity index is 914. The van der Waals surface area contributed by atoms with E-state index in [1.54, 1.807) is 18.2 Å². The summed E-state index contributed by atoms with van der Waals surface area (Å²) in [6.45, 7) is -0.558. The lowest BCUT2D eigenvalue weighted by Crippen LogP contribution is -2.35. The third-order valence-corrected chi connectivity index (χ3v) is 3.72. The zero-order chi connectivity index (χ0) is 21.4. The largest absolute Gasteiger partial charge is 0.497 e. The van der Waals surface area contributed by atoms with E-state index in [0.717, 1.165) is 12.1 Å². The standard InChI is InChI=1S/C19H18F3N3O4/c1-28-13-7-8-16(29-2)12(9-13)10-24-25-17(26)11-23-18(27)14-5-3-4-6-15(14)19(20,21)22/h3-10H,11H2,1-2H3,(H,23,27)(H,25,26)/b24-10-. The van der Waals surface area contributed by atoms with Gasteiger partial charge in [-0.1, -0.05) is 12.1 Å². The van der Waals surface area contributed by atoms with Crippen molar-refractivity contribution in [1.29, 1.82) is 0 Å². The Morgan fingerprint density at radius 3 is 2.48 bits per heavy atom. The highest BCUT2D eigenvalue weighted by Gasteiger charge is 2.34. The minimum Gasteiger partial charge on any atom is -0.497 e. The Morgan fingerprint density at radius 2 is 1.83 bits per heavy atom. The van der Waals surface area contributed by atoms with Gasteiger partial charge in [0.1, 0.15) is 11.5 Å². The number of methoxy groups -OCH3 is 2. The molecule has 154 valence electrons. The predicted molar refractivity (Wildman–Crippen MR) is 99.1 cm³/mol. The molecule has 2 rings (SSSR count). The summed E-state index contributed by atoms with van der Waals surface area (Å²) in [4.78, 5) is 23.8. The van der Waals surface area contributed by atoms with Crippen molar-refractivity contribution in [3.8, 4) is 11.5 Å². The van der Waals surface area contributed by atoms with Crippen LogP contribution in [0, 0.1) is 0 Å². The quantitative estimate of drug-likeness (QED) is 0.544. The van der Waals surface area contributed by atoms with Gasteiger partial charge in [0.25, 0.3) is 11.8 Å². The number of nitrogens with one attached hydrogen (secondary N) is 2. The number of amides is 2. The van der Waals surface area contributed by atoms with E-state index in [1.165, 1.54) is 32.6 Å². The molecule has 7 nitrogen and oxygen atoms in total. The fraction of sp³-hybridized carbons (Fsp3) is 0.211. The Hall–Kier alpha value is -3.56. The molecule has 10 heteroatoms. The summed E-state index contributed by atoms with van der Waals surface area (Å²) in [7, 11) is 2.95. The molecule has 2 amide bonds. The maximum Gasteiger partial charge on any atom is 0.417 e. The second kappa shape index (κ2) is 9.58. The number of alkyl halides is 3. The van der Waals surface area contributed by atoms with Gasteiger partial charge in [0, 0.05) is 5.56 Å². The number of benzene rings is 2. The van der Waals surface area contributed by atoms with Crippen molar-refractivity contribution in [2.24, 2.45) is 5.10 Å². The minimum atomic E-state index is -4.68. The zero-order valence-corrected chi connectivity index (χ0v) is 15.5. The van der Waals surface area contributed by atoms with E-state index in [-0.39, 0.29) is 0 Å². The van der Waals surface area contributed by atoms with E-state index in [1.807, 2.05) is 0 Å². The van der Waals surface area contributed by atoms with Crippen molar-refractivity contribution < 1.29 is 32.2 Å². The Balaban J connectivity index is 1.96. The van der Waals surface area contributed by atoms with Crippen molar-refractivity contribution >= 4 is 18.0 Å². The van der Waals surface area contributed by atoms with Crippen LogP contribution in [-0.4, -0.2) is 38.8 Å². The summed E-state index contributed by atoms with van der Waals surface area (Å²) in [6, 6.07) is 9.27. The molecule has 0 spiro atoms. The maximum absolute atomic E-state index is 13.0. The van der Waals surface area contributed by atoms with Crippen LogP contribution in [0.15, 0.2) is 47.6 Å². The number of halogens is 3. The van der Waals surface area contributed by atoms with E-state index in [2.05, 4.69) is 15.8 Å². The lowest BCUT2D eigenvalue weighted by Gasteiger charge is -2.12. The molecule has 29 heavy (non-hydrogen) atoms. The molecule has 0 bridgehead atoms. The Labute approximate surface area is 164 Å². The number of rotatable bonds is 7. The highest BCUT2D eigenvalue weighted by Crippen LogP contribution is 2.31. The van der Waals surface area contributed by atoms with Gasteiger partial charge in [-0.25, -0.2) is 5.43 Å². The fourth-order valence-corrected chi connectivity index (χ4v) is 2.34. The van der Waals surface area contributed by atoms with Gasteiger partial charge in [-0.15, -0.1) is 0 Å². The molecule has 0 atom stereocenters. The lowest BCUT2D eigenvalue weighted by atomic mass is 10.1. The van der Waals surface area contributed by atoms with Gasteiger partial charge in [0.05, 0.1) is 38.1 Å². The topological polar surface area (TPSA) is 89.0 Å². The third-order valence-electron chi connectivity index (χ3n) is 3.72. The number of carbonyl (C=O) groups is 2. The molecule has 0 saturated carbocycles. The van der Waals surface area contributed by atoms with Crippen molar-refractivity contribution in [1.82, 2.24) is 10.7 Å². The first-order chi connectivity index (χ1) is 13.8. The van der Waals surface area contributed by atoms with Crippen molar-refractivity contribution in [2.45, 2.75) is 6.18 Å². The first-order valence-corrected chi connectivity index (χ1v) is 8.24. The third kappa shape index (κ3) is 5.96. The Kier molecular flexibility index (Phi) is 7.18. The summed E-state index contributed by atoms with van der Waals surface area (Å²) >= 11 is 0. The molecule has 0 aromatic heterocycles. The zero-order valence-electron chi connectivity index (χ0n) is 15.5.